The first kappa shape index (κ1) is 7.86. The van der Waals surface area contributed by atoms with E-state index in [-0.39, 0.29) is 0 Å². The Morgan fingerprint density at radius 3 is 3.09 bits per heavy atom. The number of ether oxygens (including phenoxy) is 1. The molecule has 1 nitrogen and oxygen atoms in total. The van der Waals surface area contributed by atoms with Crippen molar-refractivity contribution in [2.24, 2.45) is 0 Å². The molecule has 1 heteroatoms. The summed E-state index contributed by atoms with van der Waals surface area (Å²) < 4.78 is 5.00. The van der Waals surface area contributed by atoms with E-state index in [1.807, 2.05) is 18.2 Å². The molecule has 0 atom stereocenters. The van der Waals surface area contributed by atoms with E-state index in [9.17, 15) is 0 Å². The molecule has 1 aliphatic rings. The van der Waals surface area contributed by atoms with Gasteiger partial charge >= 0.3 is 0 Å². The molecule has 0 N–H and O–H groups in total. The zero-order valence-electron chi connectivity index (χ0n) is 6.71. The monoisotopic (exact) mass is 148 g/mol. The third kappa shape index (κ3) is 2.11. The molecule has 0 aromatic heterocycles. The molecule has 58 valence electrons. The van der Waals surface area contributed by atoms with Gasteiger partial charge in [0, 0.05) is 5.57 Å². The third-order valence-corrected chi connectivity index (χ3v) is 1.55. The molecule has 0 radical (unpaired) electrons. The molecular weight excluding hydrogens is 136 g/mol. The smallest absolute Gasteiger partial charge is 0.118 e. The van der Waals surface area contributed by atoms with Crippen molar-refractivity contribution in [2.45, 2.75) is 6.42 Å². The molecule has 11 heavy (non-hydrogen) atoms. The van der Waals surface area contributed by atoms with Crippen molar-refractivity contribution in [3.8, 4) is 0 Å². The second-order valence-corrected chi connectivity index (χ2v) is 2.32. The highest BCUT2D eigenvalue weighted by Crippen LogP contribution is 2.12. The number of hydrogen-bond donors (Lipinski definition) is 0. The van der Waals surface area contributed by atoms with Gasteiger partial charge in [0.2, 0.25) is 0 Å². The summed E-state index contributed by atoms with van der Waals surface area (Å²) in [6.45, 7) is 3.76. The lowest BCUT2D eigenvalue weighted by Gasteiger charge is -2.02. The maximum Gasteiger partial charge on any atom is 0.118 e. The lowest BCUT2D eigenvalue weighted by molar-refractivity contribution is 0.304. The van der Waals surface area contributed by atoms with E-state index in [4.69, 9.17) is 4.74 Å². The summed E-state index contributed by atoms with van der Waals surface area (Å²) in [5.41, 5.74) is 1.04. The van der Waals surface area contributed by atoms with Crippen LogP contribution >= 0.6 is 0 Å². The van der Waals surface area contributed by atoms with Gasteiger partial charge in [-0.3, -0.25) is 0 Å². The Hall–Kier alpha value is -1.24. The highest BCUT2D eigenvalue weighted by atomic mass is 16.5. The average molecular weight is 148 g/mol. The molecular formula is C10H12O. The lowest BCUT2D eigenvalue weighted by atomic mass is 10.2. The van der Waals surface area contributed by atoms with Crippen LogP contribution in [0.15, 0.2) is 48.3 Å². The first-order chi connectivity index (χ1) is 5.34. The molecule has 0 amide bonds. The first-order valence-electron chi connectivity index (χ1n) is 3.61. The fourth-order valence-electron chi connectivity index (χ4n) is 0.883. The van der Waals surface area contributed by atoms with E-state index in [0.29, 0.717) is 5.76 Å². The highest BCUT2D eigenvalue weighted by Gasteiger charge is 1.97. The van der Waals surface area contributed by atoms with Crippen molar-refractivity contribution in [3.63, 3.8) is 0 Å². The Morgan fingerprint density at radius 2 is 2.36 bits per heavy atom. The van der Waals surface area contributed by atoms with Gasteiger partial charge in [0.25, 0.3) is 0 Å². The van der Waals surface area contributed by atoms with Crippen molar-refractivity contribution in [1.29, 1.82) is 0 Å². The van der Waals surface area contributed by atoms with E-state index in [1.54, 1.807) is 7.11 Å². The number of hydrogen-bond acceptors (Lipinski definition) is 1. The summed E-state index contributed by atoms with van der Waals surface area (Å²) in [5, 5.41) is 0. The Morgan fingerprint density at radius 1 is 1.55 bits per heavy atom. The summed E-state index contributed by atoms with van der Waals surface area (Å²) in [4.78, 5) is 0. The van der Waals surface area contributed by atoms with Crippen LogP contribution in [0.3, 0.4) is 0 Å². The SMILES string of the molecule is C=C(OC)C1=CC=CCC=C1. The maximum atomic E-state index is 5.00. The molecule has 1 aliphatic carbocycles. The van der Waals surface area contributed by atoms with E-state index in [2.05, 4.69) is 18.7 Å². The number of rotatable bonds is 2. The van der Waals surface area contributed by atoms with Crippen LogP contribution in [0.1, 0.15) is 6.42 Å². The fraction of sp³-hybridized carbons (Fsp3) is 0.200. The van der Waals surface area contributed by atoms with Gasteiger partial charge in [0.1, 0.15) is 5.76 Å². The van der Waals surface area contributed by atoms with Crippen molar-refractivity contribution in [2.75, 3.05) is 7.11 Å². The van der Waals surface area contributed by atoms with Gasteiger partial charge in [-0.05, 0) is 6.42 Å². The van der Waals surface area contributed by atoms with E-state index >= 15 is 0 Å². The van der Waals surface area contributed by atoms with Gasteiger partial charge in [-0.15, -0.1) is 0 Å². The second-order valence-electron chi connectivity index (χ2n) is 2.32. The normalized spacial score (nSPS) is 15.5. The summed E-state index contributed by atoms with van der Waals surface area (Å²) in [6.07, 6.45) is 11.2. The van der Waals surface area contributed by atoms with Gasteiger partial charge in [-0.1, -0.05) is 37.0 Å². The minimum atomic E-state index is 0.716. The molecule has 0 saturated heterocycles. The summed E-state index contributed by atoms with van der Waals surface area (Å²) in [7, 11) is 1.63. The Bertz CT molecular complexity index is 231. The lowest BCUT2D eigenvalue weighted by Crippen LogP contribution is -1.86. The van der Waals surface area contributed by atoms with Gasteiger partial charge in [0.15, 0.2) is 0 Å². The number of methoxy groups -OCH3 is 1. The molecule has 0 unspecified atom stereocenters. The van der Waals surface area contributed by atoms with E-state index < -0.39 is 0 Å². The Labute approximate surface area is 67.4 Å². The van der Waals surface area contributed by atoms with Crippen LogP contribution in [0.5, 0.6) is 0 Å². The molecule has 0 bridgehead atoms. The minimum Gasteiger partial charge on any atom is -0.497 e. The highest BCUT2D eigenvalue weighted by molar-refractivity contribution is 5.38. The molecule has 0 aliphatic heterocycles. The van der Waals surface area contributed by atoms with Gasteiger partial charge in [-0.2, -0.15) is 0 Å². The Kier molecular flexibility index (Phi) is 2.73. The molecule has 1 rings (SSSR count). The largest absolute Gasteiger partial charge is 0.497 e. The van der Waals surface area contributed by atoms with Crippen LogP contribution < -0.4 is 0 Å². The predicted octanol–water partition coefficient (Wildman–Crippen LogP) is 2.59. The second kappa shape index (κ2) is 3.81. The summed E-state index contributed by atoms with van der Waals surface area (Å²) in [5.74, 6) is 0.716. The summed E-state index contributed by atoms with van der Waals surface area (Å²) >= 11 is 0. The fourth-order valence-corrected chi connectivity index (χ4v) is 0.883. The zero-order chi connectivity index (χ0) is 8.10. The zero-order valence-corrected chi connectivity index (χ0v) is 6.71. The molecule has 0 heterocycles. The van der Waals surface area contributed by atoms with E-state index in [1.165, 1.54) is 0 Å². The van der Waals surface area contributed by atoms with Crippen molar-refractivity contribution in [1.82, 2.24) is 0 Å². The van der Waals surface area contributed by atoms with Gasteiger partial charge in [0.05, 0.1) is 7.11 Å². The maximum absolute atomic E-state index is 5.00. The quantitative estimate of drug-likeness (QED) is 0.547. The standard InChI is InChI=1S/C10H12O/c1-9(11-2)10-7-5-3-4-6-8-10/h3,5-8H,1,4H2,2H3. The van der Waals surface area contributed by atoms with Crippen LogP contribution in [0.2, 0.25) is 0 Å². The van der Waals surface area contributed by atoms with Crippen LogP contribution in [0.4, 0.5) is 0 Å². The predicted molar refractivity (Wildman–Crippen MR) is 47.1 cm³/mol. The Balaban J connectivity index is 2.77. The minimum absolute atomic E-state index is 0.716. The molecule has 0 saturated carbocycles. The average Bonchev–Trinajstić information content (AvgIpc) is 2.30. The number of allylic oxidation sites excluding steroid dienone is 5. The van der Waals surface area contributed by atoms with Gasteiger partial charge in [-0.25, -0.2) is 0 Å². The molecule has 0 aromatic rings. The third-order valence-electron chi connectivity index (χ3n) is 1.55. The van der Waals surface area contributed by atoms with Gasteiger partial charge < -0.3 is 4.74 Å². The van der Waals surface area contributed by atoms with Crippen LogP contribution in [0.25, 0.3) is 0 Å². The first-order valence-corrected chi connectivity index (χ1v) is 3.61. The molecule has 0 aromatic carbocycles. The van der Waals surface area contributed by atoms with Crippen molar-refractivity contribution >= 4 is 0 Å². The van der Waals surface area contributed by atoms with Crippen molar-refractivity contribution < 1.29 is 4.74 Å². The molecule has 0 fully saturated rings. The van der Waals surface area contributed by atoms with Crippen molar-refractivity contribution in [3.05, 3.63) is 48.3 Å². The van der Waals surface area contributed by atoms with Crippen LogP contribution in [-0.4, -0.2) is 7.11 Å². The molecule has 0 spiro atoms. The van der Waals surface area contributed by atoms with Crippen LogP contribution in [-0.2, 0) is 4.74 Å². The summed E-state index contributed by atoms with van der Waals surface area (Å²) in [6, 6.07) is 0. The topological polar surface area (TPSA) is 9.23 Å². The van der Waals surface area contributed by atoms with Crippen LogP contribution in [0, 0.1) is 0 Å². The van der Waals surface area contributed by atoms with E-state index in [0.717, 1.165) is 12.0 Å².